The van der Waals surface area contributed by atoms with Crippen LogP contribution in [0.2, 0.25) is 0 Å². The first-order valence-corrected chi connectivity index (χ1v) is 11.2. The lowest BCUT2D eigenvalue weighted by atomic mass is 10.3. The Kier molecular flexibility index (Phi) is 6.29. The summed E-state index contributed by atoms with van der Waals surface area (Å²) in [6.07, 6.45) is 2.14. The Morgan fingerprint density at radius 1 is 1.23 bits per heavy atom. The SMILES string of the molecule is CCOc1ccc(NC(=O)CSc2nnc(NC(=O)c3cc(C4CC4)on3)s2)cc1. The first-order valence-electron chi connectivity index (χ1n) is 9.37. The Morgan fingerprint density at radius 3 is 2.77 bits per heavy atom. The summed E-state index contributed by atoms with van der Waals surface area (Å²) in [6.45, 7) is 2.50. The number of aromatic nitrogens is 3. The zero-order chi connectivity index (χ0) is 20.9. The van der Waals surface area contributed by atoms with Crippen molar-refractivity contribution in [3.05, 3.63) is 41.8 Å². The molecule has 1 fully saturated rings. The lowest BCUT2D eigenvalue weighted by Gasteiger charge is -2.06. The summed E-state index contributed by atoms with van der Waals surface area (Å²) in [6, 6.07) is 8.83. The topological polar surface area (TPSA) is 119 Å². The van der Waals surface area contributed by atoms with Crippen LogP contribution in [0.15, 0.2) is 39.2 Å². The molecule has 0 saturated heterocycles. The molecule has 4 rings (SSSR count). The van der Waals surface area contributed by atoms with E-state index in [9.17, 15) is 9.59 Å². The third kappa shape index (κ3) is 5.36. The van der Waals surface area contributed by atoms with Crippen LogP contribution >= 0.6 is 23.1 Å². The lowest BCUT2D eigenvalue weighted by Crippen LogP contribution is -2.13. The predicted molar refractivity (Wildman–Crippen MR) is 113 cm³/mol. The molecule has 0 bridgehead atoms. The molecule has 0 radical (unpaired) electrons. The molecule has 30 heavy (non-hydrogen) atoms. The Labute approximate surface area is 180 Å². The number of amides is 2. The molecule has 2 amide bonds. The Hall–Kier alpha value is -2.92. The van der Waals surface area contributed by atoms with Gasteiger partial charge in [-0.3, -0.25) is 14.9 Å². The van der Waals surface area contributed by atoms with Crippen molar-refractivity contribution in [2.45, 2.75) is 30.0 Å². The van der Waals surface area contributed by atoms with Crippen LogP contribution in [0.5, 0.6) is 5.75 Å². The molecular formula is C19H19N5O4S2. The summed E-state index contributed by atoms with van der Waals surface area (Å²) >= 11 is 2.43. The van der Waals surface area contributed by atoms with Gasteiger partial charge in [0.25, 0.3) is 5.91 Å². The third-order valence-electron chi connectivity index (χ3n) is 4.14. The van der Waals surface area contributed by atoms with Crippen molar-refractivity contribution in [2.24, 2.45) is 0 Å². The van der Waals surface area contributed by atoms with E-state index in [1.54, 1.807) is 30.3 Å². The minimum absolute atomic E-state index is 0.167. The second-order valence-electron chi connectivity index (χ2n) is 6.51. The quantitative estimate of drug-likeness (QED) is 0.377. The van der Waals surface area contributed by atoms with Gasteiger partial charge in [0.2, 0.25) is 11.0 Å². The van der Waals surface area contributed by atoms with Gasteiger partial charge in [0.05, 0.1) is 12.4 Å². The summed E-state index contributed by atoms with van der Waals surface area (Å²) in [5.41, 5.74) is 0.906. The maximum atomic E-state index is 12.2. The predicted octanol–water partition coefficient (Wildman–Crippen LogP) is 3.79. The van der Waals surface area contributed by atoms with Crippen LogP contribution in [0.1, 0.15) is 41.9 Å². The van der Waals surface area contributed by atoms with Gasteiger partial charge in [0, 0.05) is 17.7 Å². The van der Waals surface area contributed by atoms with Gasteiger partial charge in [-0.15, -0.1) is 10.2 Å². The zero-order valence-corrected chi connectivity index (χ0v) is 17.7. The number of nitrogens with zero attached hydrogens (tertiary/aromatic N) is 3. The minimum atomic E-state index is -0.397. The number of thioether (sulfide) groups is 1. The molecule has 1 aliphatic carbocycles. The standard InChI is InChI=1S/C19H19N5O4S2/c1-2-27-13-7-5-12(6-8-13)20-16(25)10-29-19-23-22-18(30-19)21-17(26)14-9-15(28-24-14)11-3-4-11/h5-9,11H,2-4,10H2,1H3,(H,20,25)(H,21,22,26). The van der Waals surface area contributed by atoms with E-state index in [0.717, 1.165) is 24.4 Å². The van der Waals surface area contributed by atoms with Crippen molar-refractivity contribution < 1.29 is 18.8 Å². The maximum absolute atomic E-state index is 12.2. The molecule has 1 aromatic carbocycles. The summed E-state index contributed by atoms with van der Waals surface area (Å²) in [7, 11) is 0. The van der Waals surface area contributed by atoms with Crippen molar-refractivity contribution in [1.29, 1.82) is 0 Å². The van der Waals surface area contributed by atoms with E-state index in [0.29, 0.717) is 27.7 Å². The molecule has 0 atom stereocenters. The number of carbonyl (C=O) groups is 2. The fourth-order valence-electron chi connectivity index (χ4n) is 2.56. The van der Waals surface area contributed by atoms with Gasteiger partial charge in [0.1, 0.15) is 11.5 Å². The summed E-state index contributed by atoms with van der Waals surface area (Å²) < 4.78 is 11.1. The molecule has 1 aliphatic rings. The third-order valence-corrected chi connectivity index (χ3v) is 6.12. The van der Waals surface area contributed by atoms with Crippen molar-refractivity contribution in [3.8, 4) is 5.75 Å². The average Bonchev–Trinajstić information content (AvgIpc) is 3.29. The molecule has 2 heterocycles. The van der Waals surface area contributed by atoms with Crippen molar-refractivity contribution >= 4 is 45.7 Å². The summed E-state index contributed by atoms with van der Waals surface area (Å²) in [5.74, 6) is 1.49. The highest BCUT2D eigenvalue weighted by atomic mass is 32.2. The summed E-state index contributed by atoms with van der Waals surface area (Å²) in [4.78, 5) is 24.4. The minimum Gasteiger partial charge on any atom is -0.494 e. The molecule has 9 nitrogen and oxygen atoms in total. The molecular weight excluding hydrogens is 426 g/mol. The van der Waals surface area contributed by atoms with Gasteiger partial charge in [0.15, 0.2) is 10.0 Å². The molecule has 3 aromatic rings. The first kappa shape index (κ1) is 20.4. The number of ether oxygens (including phenoxy) is 1. The fraction of sp³-hybridized carbons (Fsp3) is 0.316. The van der Waals surface area contributed by atoms with Gasteiger partial charge >= 0.3 is 0 Å². The molecule has 2 N–H and O–H groups in total. The van der Waals surface area contributed by atoms with Gasteiger partial charge in [-0.1, -0.05) is 28.3 Å². The van der Waals surface area contributed by atoms with Crippen LogP contribution in [0, 0.1) is 0 Å². The van der Waals surface area contributed by atoms with Crippen LogP contribution in [0.25, 0.3) is 0 Å². The van der Waals surface area contributed by atoms with Crippen LogP contribution < -0.4 is 15.4 Å². The average molecular weight is 446 g/mol. The van der Waals surface area contributed by atoms with Crippen LogP contribution in [-0.2, 0) is 4.79 Å². The summed E-state index contributed by atoms with van der Waals surface area (Å²) in [5, 5.41) is 17.5. The van der Waals surface area contributed by atoms with Crippen molar-refractivity contribution in [1.82, 2.24) is 15.4 Å². The fourth-order valence-corrected chi connectivity index (χ4v) is 4.11. The highest BCUT2D eigenvalue weighted by Crippen LogP contribution is 2.40. The Balaban J connectivity index is 1.24. The maximum Gasteiger partial charge on any atom is 0.279 e. The smallest absolute Gasteiger partial charge is 0.279 e. The molecule has 1 saturated carbocycles. The normalized spacial score (nSPS) is 13.1. The molecule has 0 aliphatic heterocycles. The van der Waals surface area contributed by atoms with E-state index in [2.05, 4.69) is 26.0 Å². The van der Waals surface area contributed by atoms with Crippen molar-refractivity contribution in [2.75, 3.05) is 23.0 Å². The molecule has 2 aromatic heterocycles. The molecule has 0 spiro atoms. The van der Waals surface area contributed by atoms with Gasteiger partial charge < -0.3 is 14.6 Å². The van der Waals surface area contributed by atoms with E-state index in [1.165, 1.54) is 23.1 Å². The van der Waals surface area contributed by atoms with E-state index in [1.807, 2.05) is 6.92 Å². The number of hydrogen-bond acceptors (Lipinski definition) is 9. The largest absolute Gasteiger partial charge is 0.494 e. The molecule has 156 valence electrons. The zero-order valence-electron chi connectivity index (χ0n) is 16.1. The highest BCUT2D eigenvalue weighted by molar-refractivity contribution is 8.01. The monoisotopic (exact) mass is 445 g/mol. The van der Waals surface area contributed by atoms with Gasteiger partial charge in [-0.2, -0.15) is 0 Å². The van der Waals surface area contributed by atoms with E-state index in [-0.39, 0.29) is 17.4 Å². The number of anilines is 2. The second-order valence-corrected chi connectivity index (χ2v) is 8.71. The molecule has 11 heteroatoms. The van der Waals surface area contributed by atoms with Crippen LogP contribution in [-0.4, -0.2) is 39.5 Å². The number of benzene rings is 1. The number of rotatable bonds is 9. The van der Waals surface area contributed by atoms with Crippen LogP contribution in [0.4, 0.5) is 10.8 Å². The van der Waals surface area contributed by atoms with Crippen LogP contribution in [0.3, 0.4) is 0 Å². The number of carbonyl (C=O) groups excluding carboxylic acids is 2. The van der Waals surface area contributed by atoms with Gasteiger partial charge in [-0.05, 0) is 44.0 Å². The van der Waals surface area contributed by atoms with Crippen molar-refractivity contribution in [3.63, 3.8) is 0 Å². The van der Waals surface area contributed by atoms with Gasteiger partial charge in [-0.25, -0.2) is 0 Å². The Morgan fingerprint density at radius 2 is 2.03 bits per heavy atom. The lowest BCUT2D eigenvalue weighted by molar-refractivity contribution is -0.113. The Bertz CT molecular complexity index is 1030. The number of nitrogens with one attached hydrogen (secondary N) is 2. The molecule has 0 unspecified atom stereocenters. The first-order chi connectivity index (χ1) is 14.6. The number of hydrogen-bond donors (Lipinski definition) is 2. The second kappa shape index (κ2) is 9.26. The van der Waals surface area contributed by atoms with E-state index < -0.39 is 5.91 Å². The van der Waals surface area contributed by atoms with E-state index in [4.69, 9.17) is 9.26 Å². The highest BCUT2D eigenvalue weighted by Gasteiger charge is 2.29. The van der Waals surface area contributed by atoms with E-state index >= 15 is 0 Å².